The van der Waals surface area contributed by atoms with E-state index in [1.807, 2.05) is 0 Å². The number of hydrogen-bond acceptors (Lipinski definition) is 4. The average molecular weight is 245 g/mol. The van der Waals surface area contributed by atoms with Crippen LogP contribution in [0, 0.1) is 0 Å². The van der Waals surface area contributed by atoms with Crippen LogP contribution in [0.5, 0.6) is 0 Å². The van der Waals surface area contributed by atoms with Gasteiger partial charge in [-0.05, 0) is 17.7 Å². The fourth-order valence-corrected chi connectivity index (χ4v) is 1.73. The highest BCUT2D eigenvalue weighted by Crippen LogP contribution is 2.20. The predicted molar refractivity (Wildman–Crippen MR) is 63.7 cm³/mol. The van der Waals surface area contributed by atoms with Gasteiger partial charge in [-0.25, -0.2) is 0 Å². The summed E-state index contributed by atoms with van der Waals surface area (Å²) in [6.45, 7) is 0. The van der Waals surface area contributed by atoms with Gasteiger partial charge in [0.05, 0.1) is 23.5 Å². The number of hydrogen-bond donors (Lipinski definition) is 2. The number of carboxylic acids is 1. The van der Waals surface area contributed by atoms with Crippen molar-refractivity contribution < 1.29 is 14.7 Å². The van der Waals surface area contributed by atoms with E-state index in [0.29, 0.717) is 17.5 Å². The van der Waals surface area contributed by atoms with Crippen LogP contribution in [0.4, 0.5) is 0 Å². The Morgan fingerprint density at radius 2 is 2.06 bits per heavy atom. The number of aliphatic carboxylic acids is 1. The van der Waals surface area contributed by atoms with Crippen molar-refractivity contribution in [3.63, 3.8) is 0 Å². The van der Waals surface area contributed by atoms with Gasteiger partial charge < -0.3 is 10.4 Å². The van der Waals surface area contributed by atoms with E-state index in [4.69, 9.17) is 5.11 Å². The van der Waals surface area contributed by atoms with Crippen molar-refractivity contribution in [1.29, 1.82) is 0 Å². The van der Waals surface area contributed by atoms with Crippen molar-refractivity contribution in [2.75, 3.05) is 0 Å². The Kier molecular flexibility index (Phi) is 3.47. The number of carbonyl (C=O) groups is 2. The zero-order valence-electron chi connectivity index (χ0n) is 9.41. The van der Waals surface area contributed by atoms with Crippen molar-refractivity contribution >= 4 is 23.4 Å². The zero-order valence-corrected chi connectivity index (χ0v) is 9.41. The van der Waals surface area contributed by atoms with Crippen LogP contribution < -0.4 is 5.32 Å². The van der Waals surface area contributed by atoms with E-state index in [0.717, 1.165) is 5.52 Å². The number of carboxylic acid groups (broad SMARTS) is 1. The molecule has 2 aromatic rings. The molecule has 1 heterocycles. The minimum atomic E-state index is -0.978. The highest BCUT2D eigenvalue weighted by atomic mass is 16.4. The second kappa shape index (κ2) is 5.22. The molecule has 1 atom stereocenters. The van der Waals surface area contributed by atoms with Crippen LogP contribution in [0.1, 0.15) is 18.0 Å². The molecule has 0 saturated heterocycles. The van der Waals surface area contributed by atoms with Crippen molar-refractivity contribution in [2.24, 2.45) is 0 Å². The SMILES string of the molecule is O=CNC(CC(=O)O)c1ccc2nccnc2c1. The molecule has 1 aromatic carbocycles. The summed E-state index contributed by atoms with van der Waals surface area (Å²) >= 11 is 0. The quantitative estimate of drug-likeness (QED) is 0.763. The van der Waals surface area contributed by atoms with Crippen LogP contribution in [0.3, 0.4) is 0 Å². The Morgan fingerprint density at radius 1 is 1.33 bits per heavy atom. The molecule has 0 saturated carbocycles. The number of rotatable bonds is 5. The van der Waals surface area contributed by atoms with Crippen LogP contribution in [-0.4, -0.2) is 27.5 Å². The second-order valence-electron chi connectivity index (χ2n) is 3.74. The molecule has 0 aliphatic heterocycles. The fourth-order valence-electron chi connectivity index (χ4n) is 1.73. The third-order valence-corrected chi connectivity index (χ3v) is 2.54. The largest absolute Gasteiger partial charge is 0.481 e. The lowest BCUT2D eigenvalue weighted by molar-refractivity contribution is -0.137. The van der Waals surface area contributed by atoms with E-state index in [-0.39, 0.29) is 6.42 Å². The monoisotopic (exact) mass is 245 g/mol. The molecule has 2 N–H and O–H groups in total. The van der Waals surface area contributed by atoms with Gasteiger partial charge >= 0.3 is 5.97 Å². The minimum Gasteiger partial charge on any atom is -0.481 e. The molecule has 0 aliphatic carbocycles. The Hall–Kier alpha value is -2.50. The van der Waals surface area contributed by atoms with Gasteiger partial charge in [0.15, 0.2) is 0 Å². The summed E-state index contributed by atoms with van der Waals surface area (Å²) in [5.74, 6) is -0.978. The van der Waals surface area contributed by atoms with Gasteiger partial charge in [0.25, 0.3) is 0 Å². The number of nitrogens with zero attached hydrogens (tertiary/aromatic N) is 2. The van der Waals surface area contributed by atoms with Crippen molar-refractivity contribution in [3.05, 3.63) is 36.2 Å². The summed E-state index contributed by atoms with van der Waals surface area (Å²) < 4.78 is 0. The molecule has 0 spiro atoms. The maximum absolute atomic E-state index is 10.7. The molecular formula is C12H11N3O3. The first-order chi connectivity index (χ1) is 8.70. The van der Waals surface area contributed by atoms with Gasteiger partial charge in [0, 0.05) is 12.4 Å². The Morgan fingerprint density at radius 3 is 2.72 bits per heavy atom. The average Bonchev–Trinajstić information content (AvgIpc) is 2.37. The Bertz CT molecular complexity index is 586. The molecule has 0 aliphatic rings. The third kappa shape index (κ3) is 2.60. The van der Waals surface area contributed by atoms with Gasteiger partial charge in [-0.3, -0.25) is 19.6 Å². The summed E-state index contributed by atoms with van der Waals surface area (Å²) in [4.78, 5) is 29.5. The summed E-state index contributed by atoms with van der Waals surface area (Å²) in [5.41, 5.74) is 2.08. The number of benzene rings is 1. The maximum Gasteiger partial charge on any atom is 0.305 e. The molecule has 18 heavy (non-hydrogen) atoms. The van der Waals surface area contributed by atoms with Crippen LogP contribution >= 0.6 is 0 Å². The first-order valence-electron chi connectivity index (χ1n) is 5.33. The minimum absolute atomic E-state index is 0.176. The molecule has 6 heteroatoms. The lowest BCUT2D eigenvalue weighted by Gasteiger charge is -2.14. The molecule has 1 unspecified atom stereocenters. The van der Waals surface area contributed by atoms with Crippen LogP contribution in [-0.2, 0) is 9.59 Å². The first kappa shape index (κ1) is 12.0. The fraction of sp³-hybridized carbons (Fsp3) is 0.167. The highest BCUT2D eigenvalue weighted by molar-refractivity contribution is 5.75. The number of fused-ring (bicyclic) bond motifs is 1. The van der Waals surface area contributed by atoms with Crippen molar-refractivity contribution in [3.8, 4) is 0 Å². The number of nitrogens with one attached hydrogen (secondary N) is 1. The number of carbonyl (C=O) groups excluding carboxylic acids is 1. The number of amides is 1. The highest BCUT2D eigenvalue weighted by Gasteiger charge is 2.15. The van der Waals surface area contributed by atoms with E-state index < -0.39 is 12.0 Å². The molecule has 92 valence electrons. The maximum atomic E-state index is 10.7. The van der Waals surface area contributed by atoms with E-state index in [1.165, 1.54) is 0 Å². The smallest absolute Gasteiger partial charge is 0.305 e. The topological polar surface area (TPSA) is 92.2 Å². The van der Waals surface area contributed by atoms with Gasteiger partial charge in [-0.15, -0.1) is 0 Å². The Labute approximate surface area is 103 Å². The molecule has 2 rings (SSSR count). The van der Waals surface area contributed by atoms with E-state index >= 15 is 0 Å². The van der Waals surface area contributed by atoms with Gasteiger partial charge in [-0.2, -0.15) is 0 Å². The molecule has 1 aromatic heterocycles. The van der Waals surface area contributed by atoms with E-state index in [1.54, 1.807) is 30.6 Å². The van der Waals surface area contributed by atoms with Crippen LogP contribution in [0.2, 0.25) is 0 Å². The van der Waals surface area contributed by atoms with Crippen LogP contribution in [0.25, 0.3) is 11.0 Å². The summed E-state index contributed by atoms with van der Waals surface area (Å²) in [7, 11) is 0. The second-order valence-corrected chi connectivity index (χ2v) is 3.74. The van der Waals surface area contributed by atoms with Gasteiger partial charge in [0.1, 0.15) is 0 Å². The summed E-state index contributed by atoms with van der Waals surface area (Å²) in [6.07, 6.45) is 3.46. The van der Waals surface area contributed by atoms with Crippen molar-refractivity contribution in [2.45, 2.75) is 12.5 Å². The molecule has 0 bridgehead atoms. The predicted octanol–water partition coefficient (Wildman–Crippen LogP) is 0.892. The molecule has 0 fully saturated rings. The van der Waals surface area contributed by atoms with Crippen LogP contribution in [0.15, 0.2) is 30.6 Å². The molecule has 0 radical (unpaired) electrons. The lowest BCUT2D eigenvalue weighted by Crippen LogP contribution is -2.22. The summed E-state index contributed by atoms with van der Waals surface area (Å²) in [6, 6.07) is 4.65. The number of aromatic nitrogens is 2. The molecule has 1 amide bonds. The first-order valence-corrected chi connectivity index (χ1v) is 5.33. The lowest BCUT2D eigenvalue weighted by atomic mass is 10.0. The zero-order chi connectivity index (χ0) is 13.0. The Balaban J connectivity index is 2.37. The summed E-state index contributed by atoms with van der Waals surface area (Å²) in [5, 5.41) is 11.3. The van der Waals surface area contributed by atoms with E-state index in [9.17, 15) is 9.59 Å². The van der Waals surface area contributed by atoms with E-state index in [2.05, 4.69) is 15.3 Å². The van der Waals surface area contributed by atoms with Crippen molar-refractivity contribution in [1.82, 2.24) is 15.3 Å². The third-order valence-electron chi connectivity index (χ3n) is 2.54. The van der Waals surface area contributed by atoms with Gasteiger partial charge in [-0.1, -0.05) is 6.07 Å². The normalized spacial score (nSPS) is 12.0. The molecule has 6 nitrogen and oxygen atoms in total. The molecular weight excluding hydrogens is 234 g/mol. The standard InChI is InChI=1S/C12H11N3O3/c16-7-15-10(6-12(17)18)8-1-2-9-11(5-8)14-4-3-13-9/h1-5,7,10H,6H2,(H,15,16)(H,17,18). The van der Waals surface area contributed by atoms with Gasteiger partial charge in [0.2, 0.25) is 6.41 Å².